The molecule has 20 heavy (non-hydrogen) atoms. The second-order valence-electron chi connectivity index (χ2n) is 6.10. The highest BCUT2D eigenvalue weighted by atomic mass is 32.2. The summed E-state index contributed by atoms with van der Waals surface area (Å²) in [6.45, 7) is 3.37. The van der Waals surface area contributed by atoms with Crippen LogP contribution in [0.5, 0.6) is 5.75 Å². The van der Waals surface area contributed by atoms with Gasteiger partial charge in [0, 0.05) is 17.3 Å². The number of nitrogens with one attached hydrogen (secondary N) is 1. The van der Waals surface area contributed by atoms with Crippen molar-refractivity contribution in [2.45, 2.75) is 56.2 Å². The summed E-state index contributed by atoms with van der Waals surface area (Å²) in [5.41, 5.74) is 1.28. The molecule has 1 aliphatic rings. The average molecular weight is 293 g/mol. The fourth-order valence-corrected chi connectivity index (χ4v) is 3.99. The Labute approximate surface area is 127 Å². The average Bonchev–Trinajstić information content (AvgIpc) is 2.49. The van der Waals surface area contributed by atoms with E-state index in [2.05, 4.69) is 18.5 Å². The van der Waals surface area contributed by atoms with Gasteiger partial charge >= 0.3 is 0 Å². The van der Waals surface area contributed by atoms with Gasteiger partial charge in [-0.25, -0.2) is 0 Å². The van der Waals surface area contributed by atoms with Gasteiger partial charge in [-0.15, -0.1) is 0 Å². The molecule has 0 aromatic heterocycles. The normalized spacial score (nSPS) is 19.7. The van der Waals surface area contributed by atoms with E-state index in [-0.39, 0.29) is 0 Å². The van der Waals surface area contributed by atoms with Gasteiger partial charge in [0.1, 0.15) is 5.75 Å². The van der Waals surface area contributed by atoms with Crippen LogP contribution < -0.4 is 5.32 Å². The lowest BCUT2D eigenvalue weighted by molar-refractivity contribution is 0.365. The summed E-state index contributed by atoms with van der Waals surface area (Å²) in [7, 11) is 0. The van der Waals surface area contributed by atoms with Crippen LogP contribution in [0.2, 0.25) is 0 Å². The van der Waals surface area contributed by atoms with E-state index in [1.807, 2.05) is 23.9 Å². The molecular formula is C17H27NOS. The fraction of sp³-hybridized carbons (Fsp3) is 0.647. The molecule has 0 spiro atoms. The summed E-state index contributed by atoms with van der Waals surface area (Å²) in [6, 6.07) is 8.04. The van der Waals surface area contributed by atoms with Crippen LogP contribution in [0.4, 0.5) is 0 Å². The molecule has 1 unspecified atom stereocenters. The number of thioether (sulfide) groups is 1. The van der Waals surface area contributed by atoms with Crippen molar-refractivity contribution in [1.29, 1.82) is 0 Å². The van der Waals surface area contributed by atoms with Gasteiger partial charge in [-0.3, -0.25) is 0 Å². The van der Waals surface area contributed by atoms with Crippen molar-refractivity contribution in [1.82, 2.24) is 5.32 Å². The molecule has 1 aromatic carbocycles. The molecule has 0 heterocycles. The largest absolute Gasteiger partial charge is 0.508 e. The van der Waals surface area contributed by atoms with E-state index < -0.39 is 0 Å². The minimum absolute atomic E-state index is 0.345. The summed E-state index contributed by atoms with van der Waals surface area (Å²) in [5.74, 6) is 0.345. The molecular weight excluding hydrogens is 266 g/mol. The van der Waals surface area contributed by atoms with Gasteiger partial charge in [0.15, 0.2) is 0 Å². The predicted molar refractivity (Wildman–Crippen MR) is 88.6 cm³/mol. The molecule has 2 nitrogen and oxygen atoms in total. The smallest absolute Gasteiger partial charge is 0.115 e. The highest BCUT2D eigenvalue weighted by Crippen LogP contribution is 2.38. The zero-order valence-corrected chi connectivity index (χ0v) is 13.5. The monoisotopic (exact) mass is 293 g/mol. The van der Waals surface area contributed by atoms with Crippen molar-refractivity contribution in [3.8, 4) is 5.75 Å². The van der Waals surface area contributed by atoms with Gasteiger partial charge in [0.2, 0.25) is 0 Å². The third kappa shape index (κ3) is 4.42. The Hall–Kier alpha value is -0.670. The summed E-state index contributed by atoms with van der Waals surface area (Å²) < 4.78 is 0.460. The molecule has 1 saturated carbocycles. The first-order chi connectivity index (χ1) is 9.63. The number of phenols is 1. The van der Waals surface area contributed by atoms with Gasteiger partial charge in [0.05, 0.1) is 0 Å². The van der Waals surface area contributed by atoms with Crippen LogP contribution in [0.3, 0.4) is 0 Å². The standard InChI is InChI=1S/C17H27NOS/c1-14(12-15-6-8-16(19)9-7-15)18-13-17(20-2)10-4-3-5-11-17/h6-9,14,18-19H,3-5,10-13H2,1-2H3. The third-order valence-corrected chi connectivity index (χ3v) is 5.87. The molecule has 0 bridgehead atoms. The van der Waals surface area contributed by atoms with E-state index in [0.29, 0.717) is 16.5 Å². The minimum atomic E-state index is 0.345. The lowest BCUT2D eigenvalue weighted by Gasteiger charge is -2.37. The van der Waals surface area contributed by atoms with Crippen LogP contribution in [-0.2, 0) is 6.42 Å². The molecule has 1 aliphatic carbocycles. The zero-order chi connectivity index (χ0) is 14.4. The fourth-order valence-electron chi connectivity index (χ4n) is 3.07. The van der Waals surface area contributed by atoms with E-state index >= 15 is 0 Å². The number of aromatic hydroxyl groups is 1. The quantitative estimate of drug-likeness (QED) is 0.832. The maximum Gasteiger partial charge on any atom is 0.115 e. The summed E-state index contributed by atoms with van der Waals surface area (Å²) in [6.07, 6.45) is 10.2. The zero-order valence-electron chi connectivity index (χ0n) is 12.7. The Kier molecular flexibility index (Phi) is 5.79. The third-order valence-electron chi connectivity index (χ3n) is 4.45. The van der Waals surface area contributed by atoms with Crippen LogP contribution >= 0.6 is 11.8 Å². The lowest BCUT2D eigenvalue weighted by atomic mass is 9.88. The summed E-state index contributed by atoms with van der Waals surface area (Å²) >= 11 is 2.05. The number of hydrogen-bond acceptors (Lipinski definition) is 3. The molecule has 0 saturated heterocycles. The van der Waals surface area contributed by atoms with Crippen molar-refractivity contribution in [3.63, 3.8) is 0 Å². The van der Waals surface area contributed by atoms with Crippen LogP contribution in [0.25, 0.3) is 0 Å². The highest BCUT2D eigenvalue weighted by molar-refractivity contribution is 8.00. The first-order valence-electron chi connectivity index (χ1n) is 7.70. The first kappa shape index (κ1) is 15.7. The lowest BCUT2D eigenvalue weighted by Crippen LogP contribution is -2.43. The Morgan fingerprint density at radius 1 is 1.20 bits per heavy atom. The van der Waals surface area contributed by atoms with Crippen molar-refractivity contribution in [3.05, 3.63) is 29.8 Å². The Balaban J connectivity index is 1.81. The Morgan fingerprint density at radius 2 is 1.85 bits per heavy atom. The van der Waals surface area contributed by atoms with Crippen LogP contribution in [0.15, 0.2) is 24.3 Å². The van der Waals surface area contributed by atoms with Crippen molar-refractivity contribution in [2.24, 2.45) is 0 Å². The molecule has 0 radical (unpaired) electrons. The molecule has 3 heteroatoms. The highest BCUT2D eigenvalue weighted by Gasteiger charge is 2.30. The maximum absolute atomic E-state index is 9.31. The number of benzene rings is 1. The number of rotatable bonds is 6. The predicted octanol–water partition coefficient (Wildman–Crippen LogP) is 3.98. The molecule has 1 fully saturated rings. The van der Waals surface area contributed by atoms with Crippen molar-refractivity contribution in [2.75, 3.05) is 12.8 Å². The van der Waals surface area contributed by atoms with Crippen LogP contribution in [-0.4, -0.2) is 28.7 Å². The maximum atomic E-state index is 9.31. The van der Waals surface area contributed by atoms with E-state index in [1.165, 1.54) is 37.7 Å². The van der Waals surface area contributed by atoms with Gasteiger partial charge < -0.3 is 10.4 Å². The Morgan fingerprint density at radius 3 is 2.45 bits per heavy atom. The second kappa shape index (κ2) is 7.37. The summed E-state index contributed by atoms with van der Waals surface area (Å²) in [4.78, 5) is 0. The van der Waals surface area contributed by atoms with Crippen LogP contribution in [0.1, 0.15) is 44.6 Å². The molecule has 0 amide bonds. The Bertz CT molecular complexity index is 398. The van der Waals surface area contributed by atoms with Gasteiger partial charge in [-0.1, -0.05) is 31.4 Å². The molecule has 1 aromatic rings. The number of hydrogen-bond donors (Lipinski definition) is 2. The van der Waals surface area contributed by atoms with E-state index in [0.717, 1.165) is 13.0 Å². The SMILES string of the molecule is CSC1(CNC(C)Cc2ccc(O)cc2)CCCCC1. The minimum Gasteiger partial charge on any atom is -0.508 e. The van der Waals surface area contributed by atoms with Gasteiger partial charge in [0.25, 0.3) is 0 Å². The van der Waals surface area contributed by atoms with Crippen molar-refractivity contribution >= 4 is 11.8 Å². The molecule has 2 rings (SSSR count). The van der Waals surface area contributed by atoms with E-state index in [1.54, 1.807) is 12.1 Å². The van der Waals surface area contributed by atoms with Gasteiger partial charge in [-0.2, -0.15) is 11.8 Å². The van der Waals surface area contributed by atoms with Crippen molar-refractivity contribution < 1.29 is 5.11 Å². The molecule has 112 valence electrons. The van der Waals surface area contributed by atoms with Crippen LogP contribution in [0, 0.1) is 0 Å². The molecule has 1 atom stereocenters. The number of phenolic OH excluding ortho intramolecular Hbond substituents is 1. The van der Waals surface area contributed by atoms with E-state index in [4.69, 9.17) is 0 Å². The van der Waals surface area contributed by atoms with Gasteiger partial charge in [-0.05, 0) is 50.1 Å². The first-order valence-corrected chi connectivity index (χ1v) is 8.92. The summed E-state index contributed by atoms with van der Waals surface area (Å²) in [5, 5.41) is 13.0. The molecule has 2 N–H and O–H groups in total. The second-order valence-corrected chi connectivity index (χ2v) is 7.37. The molecule has 0 aliphatic heterocycles. The topological polar surface area (TPSA) is 32.3 Å². The van der Waals surface area contributed by atoms with E-state index in [9.17, 15) is 5.11 Å².